The summed E-state index contributed by atoms with van der Waals surface area (Å²) in [4.78, 5) is 16.2. The van der Waals surface area contributed by atoms with Gasteiger partial charge in [-0.15, -0.1) is 0 Å². The van der Waals surface area contributed by atoms with Crippen LogP contribution in [0.3, 0.4) is 0 Å². The lowest BCUT2D eigenvalue weighted by atomic mass is 9.94. The minimum atomic E-state index is -0.576. The molecule has 1 amide bonds. The second kappa shape index (κ2) is 6.03. The third kappa shape index (κ3) is 2.99. The second-order valence-electron chi connectivity index (χ2n) is 4.49. The van der Waals surface area contributed by atoms with Crippen molar-refractivity contribution in [1.82, 2.24) is 10.3 Å². The summed E-state index contributed by atoms with van der Waals surface area (Å²) in [6.07, 6.45) is 2.52. The molecule has 2 aromatic rings. The summed E-state index contributed by atoms with van der Waals surface area (Å²) in [5.41, 5.74) is 6.84. The first-order valence-electron chi connectivity index (χ1n) is 6.27. The first-order chi connectivity index (χ1) is 10.0. The Morgan fingerprint density at radius 2 is 2.05 bits per heavy atom. The molecule has 1 atom stereocenters. The zero-order valence-electron chi connectivity index (χ0n) is 11.4. The van der Waals surface area contributed by atoms with Gasteiger partial charge in [0.25, 0.3) is 5.91 Å². The molecule has 0 aliphatic heterocycles. The van der Waals surface area contributed by atoms with Gasteiger partial charge in [-0.3, -0.25) is 9.78 Å². The van der Waals surface area contributed by atoms with Crippen LogP contribution in [-0.2, 0) is 0 Å². The fraction of sp³-hybridized carbons (Fsp3) is 0.133. The van der Waals surface area contributed by atoms with E-state index < -0.39 is 12.1 Å². The number of carbonyl (C=O) groups is 1. The Labute approximate surface area is 121 Å². The Hall–Kier alpha value is -2.91. The molecule has 1 unspecified atom stereocenters. The van der Waals surface area contributed by atoms with Crippen molar-refractivity contribution in [3.05, 3.63) is 47.8 Å². The molecule has 2 rings (SSSR count). The Morgan fingerprint density at radius 3 is 2.62 bits per heavy atom. The van der Waals surface area contributed by atoms with E-state index >= 15 is 0 Å². The third-order valence-corrected chi connectivity index (χ3v) is 2.86. The smallest absolute Gasteiger partial charge is 0.256 e. The number of phenols is 1. The van der Waals surface area contributed by atoms with Crippen molar-refractivity contribution in [3.63, 3.8) is 0 Å². The van der Waals surface area contributed by atoms with E-state index in [1.807, 2.05) is 6.07 Å². The molecule has 6 nitrogen and oxygen atoms in total. The van der Waals surface area contributed by atoms with Crippen molar-refractivity contribution < 1.29 is 9.90 Å². The van der Waals surface area contributed by atoms with Crippen LogP contribution in [0.15, 0.2) is 36.7 Å². The van der Waals surface area contributed by atoms with Gasteiger partial charge in [-0.1, -0.05) is 0 Å². The average molecular weight is 282 g/mol. The Morgan fingerprint density at radius 1 is 1.38 bits per heavy atom. The highest BCUT2D eigenvalue weighted by molar-refractivity contribution is 6.04. The number of phenolic OH excluding ortho intramolecular Hbond substituents is 1. The Kier molecular flexibility index (Phi) is 4.16. The number of aromatic hydroxyl groups is 1. The molecule has 6 heteroatoms. The van der Waals surface area contributed by atoms with E-state index in [9.17, 15) is 15.2 Å². The number of nitriles is 1. The van der Waals surface area contributed by atoms with Gasteiger partial charge in [0.1, 0.15) is 5.75 Å². The molecule has 1 heterocycles. The highest BCUT2D eigenvalue weighted by Crippen LogP contribution is 2.33. The molecule has 21 heavy (non-hydrogen) atoms. The van der Waals surface area contributed by atoms with Gasteiger partial charge in [-0.05, 0) is 36.8 Å². The number of carbonyl (C=O) groups excluding carboxylic acids is 1. The number of nitrogens with one attached hydrogen (secondary N) is 1. The van der Waals surface area contributed by atoms with Crippen molar-refractivity contribution >= 4 is 5.91 Å². The standard InChI is InChI=1S/C15H14N4O2/c1-9(17)19-15(21)14-12(20)3-2-11(8-16)13(14)10-4-6-18-7-5-10/h2-7,9,20H,17H2,1H3,(H,19,21). The fourth-order valence-electron chi connectivity index (χ4n) is 2.01. The molecule has 0 aliphatic carbocycles. The summed E-state index contributed by atoms with van der Waals surface area (Å²) in [7, 11) is 0. The zero-order chi connectivity index (χ0) is 15.4. The molecular formula is C15H14N4O2. The number of amides is 1. The van der Waals surface area contributed by atoms with Crippen LogP contribution in [0.4, 0.5) is 0 Å². The van der Waals surface area contributed by atoms with Gasteiger partial charge in [0, 0.05) is 18.0 Å². The van der Waals surface area contributed by atoms with Gasteiger partial charge in [0.15, 0.2) is 0 Å². The lowest BCUT2D eigenvalue weighted by Crippen LogP contribution is -2.39. The molecule has 1 aromatic carbocycles. The van der Waals surface area contributed by atoms with Crippen LogP contribution in [0.1, 0.15) is 22.8 Å². The quantitative estimate of drug-likeness (QED) is 0.736. The molecule has 0 bridgehead atoms. The van der Waals surface area contributed by atoms with Gasteiger partial charge in [-0.2, -0.15) is 5.26 Å². The van der Waals surface area contributed by atoms with Crippen LogP contribution < -0.4 is 11.1 Å². The van der Waals surface area contributed by atoms with E-state index in [2.05, 4.69) is 10.3 Å². The number of pyridine rings is 1. The highest BCUT2D eigenvalue weighted by atomic mass is 16.3. The highest BCUT2D eigenvalue weighted by Gasteiger charge is 2.21. The van der Waals surface area contributed by atoms with E-state index in [4.69, 9.17) is 5.73 Å². The summed E-state index contributed by atoms with van der Waals surface area (Å²) in [5.74, 6) is -0.745. The molecule has 0 radical (unpaired) electrons. The molecule has 0 saturated carbocycles. The summed E-state index contributed by atoms with van der Waals surface area (Å²) in [6, 6.07) is 8.14. The second-order valence-corrected chi connectivity index (χ2v) is 4.49. The monoisotopic (exact) mass is 282 g/mol. The summed E-state index contributed by atoms with van der Waals surface area (Å²) < 4.78 is 0. The average Bonchev–Trinajstić information content (AvgIpc) is 2.46. The molecule has 0 aliphatic rings. The van der Waals surface area contributed by atoms with Crippen LogP contribution in [0.2, 0.25) is 0 Å². The van der Waals surface area contributed by atoms with E-state index in [0.717, 1.165) is 0 Å². The summed E-state index contributed by atoms with van der Waals surface area (Å²) in [5, 5.41) is 21.8. The predicted octanol–water partition coefficient (Wildman–Crippen LogP) is 1.36. The van der Waals surface area contributed by atoms with E-state index in [-0.39, 0.29) is 16.9 Å². The fourth-order valence-corrected chi connectivity index (χ4v) is 2.01. The first-order valence-corrected chi connectivity index (χ1v) is 6.27. The number of rotatable bonds is 3. The first kappa shape index (κ1) is 14.5. The molecule has 1 aromatic heterocycles. The summed E-state index contributed by atoms with van der Waals surface area (Å²) >= 11 is 0. The van der Waals surface area contributed by atoms with Crippen LogP contribution in [0, 0.1) is 11.3 Å². The van der Waals surface area contributed by atoms with Crippen molar-refractivity contribution in [2.24, 2.45) is 5.73 Å². The largest absolute Gasteiger partial charge is 0.507 e. The maximum absolute atomic E-state index is 12.3. The van der Waals surface area contributed by atoms with Gasteiger partial charge in [0.2, 0.25) is 0 Å². The van der Waals surface area contributed by atoms with Gasteiger partial charge < -0.3 is 16.2 Å². The minimum absolute atomic E-state index is 0.0255. The lowest BCUT2D eigenvalue weighted by Gasteiger charge is -2.15. The van der Waals surface area contributed by atoms with Crippen molar-refractivity contribution in [2.75, 3.05) is 0 Å². The van der Waals surface area contributed by atoms with Crippen molar-refractivity contribution in [2.45, 2.75) is 13.1 Å². The van der Waals surface area contributed by atoms with Gasteiger partial charge >= 0.3 is 0 Å². The van der Waals surface area contributed by atoms with Crippen LogP contribution in [-0.4, -0.2) is 22.2 Å². The maximum Gasteiger partial charge on any atom is 0.256 e. The zero-order valence-corrected chi connectivity index (χ0v) is 11.4. The van der Waals surface area contributed by atoms with Gasteiger partial charge in [0.05, 0.1) is 23.4 Å². The molecule has 0 saturated heterocycles. The summed E-state index contributed by atoms with van der Waals surface area (Å²) in [6.45, 7) is 1.61. The Balaban J connectivity index is 2.69. The molecule has 106 valence electrons. The maximum atomic E-state index is 12.3. The number of hydrogen-bond donors (Lipinski definition) is 3. The molecular weight excluding hydrogens is 268 g/mol. The van der Waals surface area contributed by atoms with Crippen LogP contribution in [0.5, 0.6) is 5.75 Å². The van der Waals surface area contributed by atoms with E-state index in [1.54, 1.807) is 31.5 Å². The van der Waals surface area contributed by atoms with Crippen LogP contribution >= 0.6 is 0 Å². The van der Waals surface area contributed by atoms with E-state index in [1.165, 1.54) is 12.1 Å². The number of hydrogen-bond acceptors (Lipinski definition) is 5. The topological polar surface area (TPSA) is 112 Å². The molecule has 0 fully saturated rings. The lowest BCUT2D eigenvalue weighted by molar-refractivity contribution is 0.0939. The van der Waals surface area contributed by atoms with Crippen LogP contribution in [0.25, 0.3) is 11.1 Å². The minimum Gasteiger partial charge on any atom is -0.507 e. The van der Waals surface area contributed by atoms with E-state index in [0.29, 0.717) is 11.1 Å². The Bertz CT molecular complexity index is 706. The predicted molar refractivity (Wildman–Crippen MR) is 77.2 cm³/mol. The number of benzene rings is 1. The van der Waals surface area contributed by atoms with Gasteiger partial charge in [-0.25, -0.2) is 0 Å². The molecule has 0 spiro atoms. The number of nitrogens with zero attached hydrogens (tertiary/aromatic N) is 2. The van der Waals surface area contributed by atoms with Crippen molar-refractivity contribution in [1.29, 1.82) is 5.26 Å². The SMILES string of the molecule is CC(N)NC(=O)c1c(O)ccc(C#N)c1-c1ccncc1. The number of nitrogens with two attached hydrogens (primary N) is 1. The van der Waals surface area contributed by atoms with Crippen molar-refractivity contribution in [3.8, 4) is 22.9 Å². The molecule has 4 N–H and O–H groups in total. The number of aromatic nitrogens is 1. The third-order valence-electron chi connectivity index (χ3n) is 2.86. The normalized spacial score (nSPS) is 11.5.